The third kappa shape index (κ3) is 5.31. The fourth-order valence-electron chi connectivity index (χ4n) is 2.75. The summed E-state index contributed by atoms with van der Waals surface area (Å²) in [5.41, 5.74) is -3.11. The highest BCUT2D eigenvalue weighted by Crippen LogP contribution is 2.38. The van der Waals surface area contributed by atoms with Crippen molar-refractivity contribution in [3.63, 3.8) is 0 Å². The van der Waals surface area contributed by atoms with Crippen LogP contribution in [0, 0.1) is 24.5 Å². The van der Waals surface area contributed by atoms with E-state index in [0.29, 0.717) is 12.1 Å². The van der Waals surface area contributed by atoms with E-state index in [9.17, 15) is 35.3 Å². The summed E-state index contributed by atoms with van der Waals surface area (Å²) in [6, 6.07) is 5.78. The van der Waals surface area contributed by atoms with Crippen LogP contribution in [0.15, 0.2) is 47.4 Å². The van der Waals surface area contributed by atoms with Crippen molar-refractivity contribution >= 4 is 22.6 Å². The molecule has 0 fully saturated rings. The van der Waals surface area contributed by atoms with Crippen molar-refractivity contribution in [3.8, 4) is 11.5 Å². The molecule has 1 amide bonds. The molecule has 0 unspecified atom stereocenters. The Bertz CT molecular complexity index is 1270. The largest absolute Gasteiger partial charge is 0.455 e. The highest BCUT2D eigenvalue weighted by Gasteiger charge is 2.37. The van der Waals surface area contributed by atoms with Crippen LogP contribution in [0.2, 0.25) is 0 Å². The monoisotopic (exact) mass is 489 g/mol. The summed E-state index contributed by atoms with van der Waals surface area (Å²) in [6.07, 6.45) is -5.13. The first-order valence-electron chi connectivity index (χ1n) is 8.86. The van der Waals surface area contributed by atoms with E-state index in [2.05, 4.69) is 10.3 Å². The first-order chi connectivity index (χ1) is 15.4. The van der Waals surface area contributed by atoms with Crippen LogP contribution in [0.4, 0.5) is 32.0 Å². The van der Waals surface area contributed by atoms with Gasteiger partial charge >= 0.3 is 6.18 Å². The normalized spacial score (nSPS) is 12.4. The van der Waals surface area contributed by atoms with E-state index < -0.39 is 62.4 Å². The number of carbonyl (C=O) groups excluding carboxylic acids is 1. The molecular weight excluding hydrogens is 476 g/mol. The minimum atomic E-state index is -5.13. The van der Waals surface area contributed by atoms with Crippen molar-refractivity contribution in [2.45, 2.75) is 18.0 Å². The molecule has 0 aliphatic carbocycles. The van der Waals surface area contributed by atoms with E-state index in [4.69, 9.17) is 9.88 Å². The molecule has 3 aromatic rings. The Kier molecular flexibility index (Phi) is 6.74. The molecule has 3 rings (SSSR count). The Morgan fingerprint density at radius 2 is 1.73 bits per heavy atom. The van der Waals surface area contributed by atoms with Crippen molar-refractivity contribution in [2.24, 2.45) is 5.14 Å². The number of amides is 1. The Labute approximate surface area is 185 Å². The Morgan fingerprint density at radius 1 is 1.06 bits per heavy atom. The lowest BCUT2D eigenvalue weighted by atomic mass is 10.1. The number of halogens is 6. The topological polar surface area (TPSA) is 94.3 Å². The number of nitrogens with zero attached hydrogens (tertiary/aromatic N) is 1. The molecule has 6 nitrogen and oxygen atoms in total. The van der Waals surface area contributed by atoms with Gasteiger partial charge < -0.3 is 10.1 Å². The van der Waals surface area contributed by atoms with Gasteiger partial charge in [-0.05, 0) is 49.4 Å². The fourth-order valence-corrected chi connectivity index (χ4v) is 3.25. The molecule has 174 valence electrons. The quantitative estimate of drug-likeness (QED) is 0.396. The molecular formula is C20H13F6N3O3S. The number of hydrogen-bond donors (Lipinski definition) is 2. The number of ether oxygens (including phenoxy) is 1. The fraction of sp³-hybridized carbons (Fsp3) is 0.100. The Hall–Kier alpha value is -3.45. The van der Waals surface area contributed by atoms with Gasteiger partial charge in [0.2, 0.25) is 5.95 Å². The average molecular weight is 489 g/mol. The number of rotatable bonds is 5. The number of benzene rings is 2. The number of anilines is 1. The minimum absolute atomic E-state index is 0.0183. The summed E-state index contributed by atoms with van der Waals surface area (Å²) >= 11 is 0. The zero-order chi connectivity index (χ0) is 24.5. The molecule has 1 heterocycles. The van der Waals surface area contributed by atoms with Crippen LogP contribution in [-0.4, -0.2) is 15.1 Å². The molecule has 1 aromatic heterocycles. The Morgan fingerprint density at radius 3 is 2.33 bits per heavy atom. The van der Waals surface area contributed by atoms with Gasteiger partial charge in [-0.25, -0.2) is 23.1 Å². The van der Waals surface area contributed by atoms with Crippen molar-refractivity contribution in [1.82, 2.24) is 4.98 Å². The van der Waals surface area contributed by atoms with Gasteiger partial charge in [0.1, 0.15) is 33.9 Å². The maximum atomic E-state index is 14.9. The highest BCUT2D eigenvalue weighted by atomic mass is 32.2. The first-order valence-corrected chi connectivity index (χ1v) is 10.1. The molecule has 0 saturated heterocycles. The van der Waals surface area contributed by atoms with Crippen LogP contribution in [0.25, 0.3) is 0 Å². The second-order valence-corrected chi connectivity index (χ2v) is 7.55. The number of aromatic nitrogens is 1. The molecule has 0 spiro atoms. The third-order valence-electron chi connectivity index (χ3n) is 4.27. The van der Waals surface area contributed by atoms with Crippen molar-refractivity contribution in [3.05, 3.63) is 76.9 Å². The van der Waals surface area contributed by atoms with Gasteiger partial charge in [0, 0.05) is 5.69 Å². The van der Waals surface area contributed by atoms with E-state index in [1.54, 1.807) is 0 Å². The van der Waals surface area contributed by atoms with E-state index in [1.165, 1.54) is 6.92 Å². The molecule has 0 saturated carbocycles. The molecule has 2 aromatic carbocycles. The van der Waals surface area contributed by atoms with Crippen LogP contribution in [0.1, 0.15) is 21.6 Å². The second-order valence-electron chi connectivity index (χ2n) is 6.51. The average Bonchev–Trinajstić information content (AvgIpc) is 2.70. The summed E-state index contributed by atoms with van der Waals surface area (Å²) in [4.78, 5) is 15.7. The molecule has 0 aliphatic heterocycles. The molecule has 0 aliphatic rings. The van der Waals surface area contributed by atoms with Crippen LogP contribution < -0.4 is 15.2 Å². The van der Waals surface area contributed by atoms with E-state index in [1.807, 2.05) is 0 Å². The number of alkyl halides is 3. The molecule has 1 atom stereocenters. The van der Waals surface area contributed by atoms with Crippen molar-refractivity contribution in [1.29, 1.82) is 0 Å². The molecule has 0 radical (unpaired) electrons. The smallest absolute Gasteiger partial charge is 0.419 e. The number of hydrogen-bond acceptors (Lipinski definition) is 4. The van der Waals surface area contributed by atoms with Gasteiger partial charge in [-0.1, -0.05) is 0 Å². The van der Waals surface area contributed by atoms with Gasteiger partial charge in [0.25, 0.3) is 5.91 Å². The van der Waals surface area contributed by atoms with Crippen LogP contribution in [0.5, 0.6) is 11.5 Å². The lowest BCUT2D eigenvalue weighted by molar-refractivity contribution is -0.140. The molecule has 3 N–H and O–H groups in total. The van der Waals surface area contributed by atoms with Crippen LogP contribution in [-0.2, 0) is 17.2 Å². The highest BCUT2D eigenvalue weighted by molar-refractivity contribution is 7.82. The molecule has 33 heavy (non-hydrogen) atoms. The number of aryl methyl sites for hydroxylation is 1. The summed E-state index contributed by atoms with van der Waals surface area (Å²) < 4.78 is 98.2. The van der Waals surface area contributed by atoms with E-state index in [-0.39, 0.29) is 17.1 Å². The number of nitrogens with two attached hydrogens (primary N) is 1. The molecule has 0 bridgehead atoms. The summed E-state index contributed by atoms with van der Waals surface area (Å²) in [7, 11) is -2.28. The standard InChI is InChI=1S/C20H13F6N3O3S/c1-9-13(6-7-16(22)28-9)32-14-5-3-11(20(24,25)26)18(23)17(14)19(30)29-10-2-4-12(21)15(8-10)33(27)31/h2-8H,27H2,1H3,(H,29,30)/t33-/m1/s1. The minimum Gasteiger partial charge on any atom is -0.455 e. The van der Waals surface area contributed by atoms with Crippen LogP contribution in [0.3, 0.4) is 0 Å². The maximum Gasteiger partial charge on any atom is 0.419 e. The van der Waals surface area contributed by atoms with E-state index in [0.717, 1.165) is 30.3 Å². The lowest BCUT2D eigenvalue weighted by Crippen LogP contribution is -2.19. The maximum absolute atomic E-state index is 14.9. The van der Waals surface area contributed by atoms with Gasteiger partial charge in [-0.3, -0.25) is 4.79 Å². The number of carbonyl (C=O) groups is 1. The van der Waals surface area contributed by atoms with Crippen LogP contribution >= 0.6 is 0 Å². The predicted octanol–water partition coefficient (Wildman–Crippen LogP) is 4.85. The van der Waals surface area contributed by atoms with Gasteiger partial charge in [-0.15, -0.1) is 0 Å². The zero-order valence-corrected chi connectivity index (χ0v) is 17.3. The number of pyridine rings is 1. The predicted molar refractivity (Wildman–Crippen MR) is 105 cm³/mol. The van der Waals surface area contributed by atoms with E-state index >= 15 is 0 Å². The summed E-state index contributed by atoms with van der Waals surface area (Å²) in [6.45, 7) is 1.32. The van der Waals surface area contributed by atoms with Crippen molar-refractivity contribution < 1.29 is 40.1 Å². The van der Waals surface area contributed by atoms with Gasteiger partial charge in [-0.2, -0.15) is 17.6 Å². The zero-order valence-electron chi connectivity index (χ0n) is 16.5. The number of nitrogens with one attached hydrogen (secondary N) is 1. The molecule has 13 heteroatoms. The summed E-state index contributed by atoms with van der Waals surface area (Å²) in [5, 5.41) is 7.23. The third-order valence-corrected chi connectivity index (χ3v) is 5.01. The lowest BCUT2D eigenvalue weighted by Gasteiger charge is -2.17. The second kappa shape index (κ2) is 9.19. The SMILES string of the molecule is Cc1nc(F)ccc1Oc1ccc(C(F)(F)F)c(F)c1C(=O)Nc1ccc(F)c([S@](N)=O)c1. The van der Waals surface area contributed by atoms with Crippen molar-refractivity contribution in [2.75, 3.05) is 5.32 Å². The first kappa shape index (κ1) is 24.2. The van der Waals surface area contributed by atoms with Gasteiger partial charge in [0.05, 0.1) is 16.2 Å². The Balaban J connectivity index is 2.08. The van der Waals surface area contributed by atoms with Gasteiger partial charge in [0.15, 0.2) is 5.82 Å². The summed E-state index contributed by atoms with van der Waals surface area (Å²) in [5.74, 6) is -5.91.